The van der Waals surface area contributed by atoms with Gasteiger partial charge in [-0.05, 0) is 24.3 Å². The van der Waals surface area contributed by atoms with Gasteiger partial charge in [-0.15, -0.1) is 0 Å². The number of rotatable bonds is 2. The van der Waals surface area contributed by atoms with E-state index >= 15 is 0 Å². The summed E-state index contributed by atoms with van der Waals surface area (Å²) in [5, 5.41) is 3.86. The van der Waals surface area contributed by atoms with Crippen LogP contribution in [0, 0.1) is 11.6 Å². The summed E-state index contributed by atoms with van der Waals surface area (Å²) in [5.41, 5.74) is 1.75. The Morgan fingerprint density at radius 2 is 1.78 bits per heavy atom. The molecule has 0 atom stereocenters. The zero-order chi connectivity index (χ0) is 18.8. The van der Waals surface area contributed by atoms with Crippen molar-refractivity contribution in [2.75, 3.05) is 36.4 Å². The van der Waals surface area contributed by atoms with Gasteiger partial charge < -0.3 is 15.1 Å². The summed E-state index contributed by atoms with van der Waals surface area (Å²) in [7, 11) is 0. The molecule has 4 rings (SSSR count). The van der Waals surface area contributed by atoms with E-state index in [1.807, 2.05) is 35.2 Å². The largest absolute Gasteiger partial charge is 0.366 e. The van der Waals surface area contributed by atoms with Gasteiger partial charge in [-0.1, -0.05) is 18.2 Å². The van der Waals surface area contributed by atoms with E-state index in [0.717, 1.165) is 17.0 Å². The number of benzene rings is 2. The number of halogens is 2. The van der Waals surface area contributed by atoms with E-state index in [1.54, 1.807) is 11.1 Å². The Labute approximate surface area is 155 Å². The second-order valence-corrected chi connectivity index (χ2v) is 6.38. The number of hydrogen-bond acceptors (Lipinski definition) is 3. The van der Waals surface area contributed by atoms with Crippen LogP contribution >= 0.6 is 0 Å². The number of anilines is 2. The molecule has 0 aliphatic carbocycles. The van der Waals surface area contributed by atoms with E-state index in [2.05, 4.69) is 10.3 Å². The van der Waals surface area contributed by atoms with Crippen LogP contribution in [0.15, 0.2) is 54.7 Å². The molecule has 1 N–H and O–H groups in total. The number of aromatic nitrogens is 1. The normalized spacial score (nSPS) is 14.4. The number of nitrogens with zero attached hydrogens (tertiary/aromatic N) is 3. The molecule has 1 aliphatic heterocycles. The molecule has 2 amide bonds. The highest BCUT2D eigenvalue weighted by Crippen LogP contribution is 2.23. The van der Waals surface area contributed by atoms with Crippen LogP contribution in [-0.2, 0) is 0 Å². The fourth-order valence-electron chi connectivity index (χ4n) is 3.29. The number of hydrogen-bond donors (Lipinski definition) is 1. The maximum absolute atomic E-state index is 13.9. The van der Waals surface area contributed by atoms with Gasteiger partial charge in [-0.25, -0.2) is 13.6 Å². The second-order valence-electron chi connectivity index (χ2n) is 6.38. The molecule has 0 unspecified atom stereocenters. The molecule has 1 fully saturated rings. The minimum atomic E-state index is -0.599. The predicted octanol–water partition coefficient (Wildman–Crippen LogP) is 3.87. The minimum Gasteiger partial charge on any atom is -0.366 e. The molecule has 0 spiro atoms. The molecule has 1 saturated heterocycles. The van der Waals surface area contributed by atoms with Gasteiger partial charge in [0, 0.05) is 43.8 Å². The molecular weight excluding hydrogens is 350 g/mol. The summed E-state index contributed by atoms with van der Waals surface area (Å²) in [5.74, 6) is -1.19. The number of fused-ring (bicyclic) bond motifs is 1. The van der Waals surface area contributed by atoms with Gasteiger partial charge >= 0.3 is 6.03 Å². The third kappa shape index (κ3) is 3.53. The Morgan fingerprint density at radius 1 is 1.00 bits per heavy atom. The highest BCUT2D eigenvalue weighted by atomic mass is 19.1. The number of nitrogens with one attached hydrogen (secondary N) is 1. The third-order valence-corrected chi connectivity index (χ3v) is 4.69. The third-order valence-electron chi connectivity index (χ3n) is 4.69. The number of pyridine rings is 1. The van der Waals surface area contributed by atoms with E-state index in [-0.39, 0.29) is 6.03 Å². The van der Waals surface area contributed by atoms with Gasteiger partial charge in [0.05, 0.1) is 16.9 Å². The summed E-state index contributed by atoms with van der Waals surface area (Å²) in [6.07, 6.45) is 1.69. The monoisotopic (exact) mass is 368 g/mol. The van der Waals surface area contributed by atoms with Gasteiger partial charge in [0.1, 0.15) is 11.6 Å². The Balaban J connectivity index is 1.43. The maximum Gasteiger partial charge on any atom is 0.322 e. The quantitative estimate of drug-likeness (QED) is 0.747. The summed E-state index contributed by atoms with van der Waals surface area (Å²) in [6, 6.07) is 12.7. The standard InChI is InChI=1S/C20H18F2N4O/c21-15-6-7-18(16(22)13-15)25-9-11-26(12-10-25)20(27)24-17-5-1-3-14-4-2-8-23-19(14)17/h1-8,13H,9-12H2,(H,24,27). The van der Waals surface area contributed by atoms with Crippen molar-refractivity contribution in [3.05, 3.63) is 66.4 Å². The average molecular weight is 368 g/mol. The highest BCUT2D eigenvalue weighted by Gasteiger charge is 2.23. The van der Waals surface area contributed by atoms with E-state index in [4.69, 9.17) is 0 Å². The van der Waals surface area contributed by atoms with Crippen molar-refractivity contribution in [2.45, 2.75) is 0 Å². The van der Waals surface area contributed by atoms with Gasteiger partial charge in [-0.3, -0.25) is 4.98 Å². The molecule has 2 aromatic carbocycles. The molecule has 1 aromatic heterocycles. The smallest absolute Gasteiger partial charge is 0.322 e. The Kier molecular flexibility index (Phi) is 4.58. The first-order chi connectivity index (χ1) is 13.1. The van der Waals surface area contributed by atoms with Crippen LogP contribution in [0.2, 0.25) is 0 Å². The molecule has 5 nitrogen and oxygen atoms in total. The summed E-state index contributed by atoms with van der Waals surface area (Å²) in [4.78, 5) is 20.4. The highest BCUT2D eigenvalue weighted by molar-refractivity contribution is 5.99. The second kappa shape index (κ2) is 7.19. The van der Waals surface area contributed by atoms with Crippen molar-refractivity contribution in [1.29, 1.82) is 0 Å². The fraction of sp³-hybridized carbons (Fsp3) is 0.200. The van der Waals surface area contributed by atoms with Gasteiger partial charge in [0.25, 0.3) is 0 Å². The zero-order valence-corrected chi connectivity index (χ0v) is 14.5. The van der Waals surface area contributed by atoms with Crippen molar-refractivity contribution in [1.82, 2.24) is 9.88 Å². The Hall–Kier alpha value is -3.22. The average Bonchev–Trinajstić information content (AvgIpc) is 2.68. The molecule has 0 bridgehead atoms. The van der Waals surface area contributed by atoms with E-state index < -0.39 is 11.6 Å². The Bertz CT molecular complexity index is 981. The molecule has 138 valence electrons. The molecular formula is C20H18F2N4O. The van der Waals surface area contributed by atoms with E-state index in [9.17, 15) is 13.6 Å². The predicted molar refractivity (Wildman–Crippen MR) is 101 cm³/mol. The van der Waals surface area contributed by atoms with Gasteiger partial charge in [0.2, 0.25) is 0 Å². The lowest BCUT2D eigenvalue weighted by Crippen LogP contribution is -2.50. The van der Waals surface area contributed by atoms with Crippen molar-refractivity contribution in [3.63, 3.8) is 0 Å². The topological polar surface area (TPSA) is 48.5 Å². The van der Waals surface area contributed by atoms with Crippen LogP contribution in [0.25, 0.3) is 10.9 Å². The van der Waals surface area contributed by atoms with E-state index in [1.165, 1.54) is 12.1 Å². The summed E-state index contributed by atoms with van der Waals surface area (Å²) in [6.45, 7) is 1.84. The van der Waals surface area contributed by atoms with Crippen LogP contribution < -0.4 is 10.2 Å². The van der Waals surface area contributed by atoms with Crippen LogP contribution in [0.1, 0.15) is 0 Å². The number of carbonyl (C=O) groups excluding carboxylic acids is 1. The van der Waals surface area contributed by atoms with Crippen molar-refractivity contribution < 1.29 is 13.6 Å². The van der Waals surface area contributed by atoms with Crippen LogP contribution in [0.5, 0.6) is 0 Å². The molecule has 27 heavy (non-hydrogen) atoms. The lowest BCUT2D eigenvalue weighted by atomic mass is 10.2. The number of urea groups is 1. The fourth-order valence-corrected chi connectivity index (χ4v) is 3.29. The number of piperazine rings is 1. The van der Waals surface area contributed by atoms with Gasteiger partial charge in [-0.2, -0.15) is 0 Å². The molecule has 3 aromatic rings. The molecule has 0 radical (unpaired) electrons. The van der Waals surface area contributed by atoms with Crippen molar-refractivity contribution >= 4 is 28.3 Å². The van der Waals surface area contributed by atoms with E-state index in [0.29, 0.717) is 37.6 Å². The molecule has 2 heterocycles. The number of carbonyl (C=O) groups is 1. The number of amides is 2. The number of para-hydroxylation sites is 1. The first-order valence-corrected chi connectivity index (χ1v) is 8.71. The summed E-state index contributed by atoms with van der Waals surface area (Å²) < 4.78 is 27.0. The van der Waals surface area contributed by atoms with Gasteiger partial charge in [0.15, 0.2) is 0 Å². The summed E-state index contributed by atoms with van der Waals surface area (Å²) >= 11 is 0. The van der Waals surface area contributed by atoms with Crippen molar-refractivity contribution in [2.24, 2.45) is 0 Å². The molecule has 0 saturated carbocycles. The van der Waals surface area contributed by atoms with Crippen LogP contribution in [-0.4, -0.2) is 42.1 Å². The zero-order valence-electron chi connectivity index (χ0n) is 14.5. The lowest BCUT2D eigenvalue weighted by molar-refractivity contribution is 0.208. The van der Waals surface area contributed by atoms with Crippen LogP contribution in [0.4, 0.5) is 25.0 Å². The Morgan fingerprint density at radius 3 is 2.56 bits per heavy atom. The maximum atomic E-state index is 13.9. The first kappa shape index (κ1) is 17.2. The van der Waals surface area contributed by atoms with Crippen LogP contribution in [0.3, 0.4) is 0 Å². The SMILES string of the molecule is O=C(Nc1cccc2cccnc12)N1CCN(c2ccc(F)cc2F)CC1. The van der Waals surface area contributed by atoms with Crippen molar-refractivity contribution in [3.8, 4) is 0 Å². The first-order valence-electron chi connectivity index (χ1n) is 8.71. The minimum absolute atomic E-state index is 0.215. The molecule has 1 aliphatic rings. The molecule has 7 heteroatoms. The lowest BCUT2D eigenvalue weighted by Gasteiger charge is -2.36.